The van der Waals surface area contributed by atoms with Gasteiger partial charge in [-0.15, -0.1) is 0 Å². The fourth-order valence-electron chi connectivity index (χ4n) is 2.27. The summed E-state index contributed by atoms with van der Waals surface area (Å²) in [6.45, 7) is 0. The lowest BCUT2D eigenvalue weighted by molar-refractivity contribution is -0.115. The van der Waals surface area contributed by atoms with Crippen molar-refractivity contribution in [2.45, 2.75) is 6.42 Å². The molecule has 0 heterocycles. The number of nitrogens with one attached hydrogen (secondary N) is 1. The Balaban J connectivity index is 2.08. The van der Waals surface area contributed by atoms with Gasteiger partial charge in [0.25, 0.3) is 0 Å². The number of carboxylic acid groups (broad SMARTS) is 1. The van der Waals surface area contributed by atoms with Crippen LogP contribution in [-0.2, 0) is 15.7 Å². The van der Waals surface area contributed by atoms with Crippen LogP contribution in [0.4, 0.5) is 21.0 Å². The normalized spacial score (nSPS) is 10.1. The van der Waals surface area contributed by atoms with E-state index in [9.17, 15) is 19.5 Å². The van der Waals surface area contributed by atoms with Crippen LogP contribution < -0.4 is 10.2 Å². The third-order valence-corrected chi connectivity index (χ3v) is 4.16. The smallest absolute Gasteiger partial charge is 0.418 e. The van der Waals surface area contributed by atoms with Crippen LogP contribution in [0.25, 0.3) is 0 Å². The molecule has 1 atom stereocenters. The minimum Gasteiger partial charge on any atom is -0.464 e. The Morgan fingerprint density at radius 2 is 1.58 bits per heavy atom. The van der Waals surface area contributed by atoms with Gasteiger partial charge < -0.3 is 9.63 Å². The van der Waals surface area contributed by atoms with Gasteiger partial charge in [-0.1, -0.05) is 40.2 Å². The number of halogens is 1. The van der Waals surface area contributed by atoms with Gasteiger partial charge in [0.05, 0.1) is 20.5 Å². The predicted molar refractivity (Wildman–Crippen MR) is 105 cm³/mol. The quantitative estimate of drug-likeness (QED) is 0.542. The number of hydrogen-bond donors (Lipinski definition) is 2. The molecule has 2 aromatic rings. The van der Waals surface area contributed by atoms with Crippen LogP contribution >= 0.6 is 25.4 Å². The minimum absolute atomic E-state index is 0.0777. The van der Waals surface area contributed by atoms with E-state index in [-0.39, 0.29) is 5.33 Å². The second-order valence-electron chi connectivity index (χ2n) is 5.22. The van der Waals surface area contributed by atoms with Gasteiger partial charge in [0.2, 0.25) is 5.91 Å². The van der Waals surface area contributed by atoms with Crippen LogP contribution in [-0.4, -0.2) is 28.5 Å². The molecule has 0 aromatic heterocycles. The highest BCUT2D eigenvalue weighted by atomic mass is 79.9. The number of nitrogens with zero attached hydrogens (tertiary/aromatic N) is 1. The molecule has 0 aliphatic rings. The Kier molecular flexibility index (Phi) is 7.12. The summed E-state index contributed by atoms with van der Waals surface area (Å²) in [5, 5.41) is 11.7. The molecule has 0 saturated heterocycles. The summed E-state index contributed by atoms with van der Waals surface area (Å²) in [7, 11) is 1.87. The molecule has 7 nitrogen and oxygen atoms in total. The monoisotopic (exact) mass is 438 g/mol. The van der Waals surface area contributed by atoms with Crippen molar-refractivity contribution in [2.24, 2.45) is 0 Å². The van der Waals surface area contributed by atoms with Crippen molar-refractivity contribution >= 4 is 54.9 Å². The summed E-state index contributed by atoms with van der Waals surface area (Å²) in [4.78, 5) is 34.8. The van der Waals surface area contributed by atoms with Gasteiger partial charge in [0, 0.05) is 5.69 Å². The number of amides is 3. The van der Waals surface area contributed by atoms with Crippen molar-refractivity contribution in [2.75, 3.05) is 15.5 Å². The second-order valence-corrected chi connectivity index (χ2v) is 6.01. The Morgan fingerprint density at radius 1 is 1.04 bits per heavy atom. The Labute approximate surface area is 160 Å². The molecule has 0 radical (unpaired) electrons. The molecule has 26 heavy (non-hydrogen) atoms. The standard InChI is InChI=1S/C17H16BrN2O5P/c18-10-15(21)20(17(23)24)14-7-3-12(4-8-14)9-11-1-5-13(6-2-11)19-16(22)25-26/h1-8H,9-10,26H2,(H,19,22)(H,23,24). The molecule has 0 aliphatic carbocycles. The van der Waals surface area contributed by atoms with Crippen LogP contribution in [0.1, 0.15) is 11.1 Å². The van der Waals surface area contributed by atoms with Gasteiger partial charge in [-0.05, 0) is 41.8 Å². The van der Waals surface area contributed by atoms with E-state index >= 15 is 0 Å². The van der Waals surface area contributed by atoms with Gasteiger partial charge in [0.1, 0.15) is 0 Å². The Bertz CT molecular complexity index is 796. The van der Waals surface area contributed by atoms with Crippen LogP contribution in [0, 0.1) is 0 Å². The van der Waals surface area contributed by atoms with Crippen molar-refractivity contribution < 1.29 is 24.0 Å². The SMILES string of the molecule is O=C(Nc1ccc(Cc2ccc(N(C(=O)O)C(=O)CBr)cc2)cc1)OP. The zero-order valence-corrected chi connectivity index (χ0v) is 16.3. The van der Waals surface area contributed by atoms with Crippen molar-refractivity contribution in [3.63, 3.8) is 0 Å². The van der Waals surface area contributed by atoms with E-state index in [2.05, 4.69) is 25.8 Å². The Morgan fingerprint density at radius 3 is 2.04 bits per heavy atom. The molecule has 2 aromatic carbocycles. The van der Waals surface area contributed by atoms with Gasteiger partial charge >= 0.3 is 12.2 Å². The van der Waals surface area contributed by atoms with Crippen LogP contribution in [0.5, 0.6) is 0 Å². The fraction of sp³-hybridized carbons (Fsp3) is 0.118. The van der Waals surface area contributed by atoms with Crippen molar-refractivity contribution in [1.29, 1.82) is 0 Å². The van der Waals surface area contributed by atoms with Gasteiger partial charge in [-0.3, -0.25) is 10.1 Å². The predicted octanol–water partition coefficient (Wildman–Crippen LogP) is 4.02. The molecule has 0 aliphatic heterocycles. The van der Waals surface area contributed by atoms with E-state index in [0.29, 0.717) is 22.7 Å². The second kappa shape index (κ2) is 9.31. The maximum Gasteiger partial charge on any atom is 0.418 e. The number of benzene rings is 2. The van der Waals surface area contributed by atoms with E-state index in [4.69, 9.17) is 0 Å². The molecular weight excluding hydrogens is 423 g/mol. The molecule has 2 rings (SSSR count). The molecule has 1 unspecified atom stereocenters. The van der Waals surface area contributed by atoms with Crippen molar-refractivity contribution in [3.05, 3.63) is 59.7 Å². The zero-order chi connectivity index (χ0) is 19.1. The fourth-order valence-corrected chi connectivity index (χ4v) is 2.58. The van der Waals surface area contributed by atoms with Gasteiger partial charge in [-0.25, -0.2) is 14.5 Å². The minimum atomic E-state index is -1.32. The summed E-state index contributed by atoms with van der Waals surface area (Å²) in [5.41, 5.74) is 2.87. The van der Waals surface area contributed by atoms with Crippen LogP contribution in [0.15, 0.2) is 48.5 Å². The number of alkyl halides is 1. The lowest BCUT2D eigenvalue weighted by Gasteiger charge is -2.16. The highest BCUT2D eigenvalue weighted by Gasteiger charge is 2.21. The van der Waals surface area contributed by atoms with Gasteiger partial charge in [-0.2, -0.15) is 0 Å². The molecule has 9 heteroatoms. The molecule has 0 saturated carbocycles. The largest absolute Gasteiger partial charge is 0.464 e. The molecule has 3 amide bonds. The lowest BCUT2D eigenvalue weighted by Crippen LogP contribution is -2.36. The van der Waals surface area contributed by atoms with E-state index in [1.807, 2.05) is 21.6 Å². The molecular formula is C17H16BrN2O5P. The summed E-state index contributed by atoms with van der Waals surface area (Å²) < 4.78 is 4.45. The third-order valence-electron chi connectivity index (χ3n) is 3.47. The zero-order valence-electron chi connectivity index (χ0n) is 13.5. The number of carbonyl (C=O) groups is 3. The number of anilines is 2. The average Bonchev–Trinajstić information content (AvgIpc) is 2.64. The molecule has 0 bridgehead atoms. The van der Waals surface area contributed by atoms with Crippen LogP contribution in [0.2, 0.25) is 0 Å². The summed E-state index contributed by atoms with van der Waals surface area (Å²) in [5.74, 6) is -0.558. The topological polar surface area (TPSA) is 95.9 Å². The Hall–Kier alpha value is -2.44. The van der Waals surface area contributed by atoms with E-state index in [1.165, 1.54) is 0 Å². The summed E-state index contributed by atoms with van der Waals surface area (Å²) >= 11 is 2.98. The number of imide groups is 1. The summed E-state index contributed by atoms with van der Waals surface area (Å²) in [6.07, 6.45) is -1.28. The molecule has 136 valence electrons. The first-order valence-electron chi connectivity index (χ1n) is 7.42. The van der Waals surface area contributed by atoms with E-state index in [0.717, 1.165) is 11.1 Å². The highest BCUT2D eigenvalue weighted by molar-refractivity contribution is 9.09. The molecule has 0 fully saturated rings. The highest BCUT2D eigenvalue weighted by Crippen LogP contribution is 2.19. The molecule has 2 N–H and O–H groups in total. The third kappa shape index (κ3) is 5.28. The summed E-state index contributed by atoms with van der Waals surface area (Å²) in [6, 6.07) is 14.0. The average molecular weight is 439 g/mol. The first kappa shape index (κ1) is 19.9. The maximum absolute atomic E-state index is 11.7. The van der Waals surface area contributed by atoms with Crippen molar-refractivity contribution in [1.82, 2.24) is 0 Å². The number of carbonyl (C=O) groups excluding carboxylic acids is 2. The van der Waals surface area contributed by atoms with Crippen LogP contribution in [0.3, 0.4) is 0 Å². The number of rotatable bonds is 5. The first-order chi connectivity index (χ1) is 12.4. The van der Waals surface area contributed by atoms with Crippen molar-refractivity contribution in [3.8, 4) is 0 Å². The first-order valence-corrected chi connectivity index (χ1v) is 9.01. The van der Waals surface area contributed by atoms with E-state index in [1.54, 1.807) is 36.4 Å². The number of hydrogen-bond acceptors (Lipinski definition) is 4. The molecule has 0 spiro atoms. The maximum atomic E-state index is 11.7. The van der Waals surface area contributed by atoms with E-state index < -0.39 is 18.1 Å². The lowest BCUT2D eigenvalue weighted by atomic mass is 10.0. The van der Waals surface area contributed by atoms with Gasteiger partial charge in [0.15, 0.2) is 0 Å².